The highest BCUT2D eigenvalue weighted by molar-refractivity contribution is 7.57. The Morgan fingerprint density at radius 3 is 2.35 bits per heavy atom. The van der Waals surface area contributed by atoms with Crippen molar-refractivity contribution in [3.8, 4) is 0 Å². The van der Waals surface area contributed by atoms with Crippen molar-refractivity contribution in [1.29, 1.82) is 0 Å². The summed E-state index contributed by atoms with van der Waals surface area (Å²) in [6.07, 6.45) is 3.58. The molecule has 0 bridgehead atoms. The van der Waals surface area contributed by atoms with Crippen LogP contribution in [0.4, 0.5) is 0 Å². The van der Waals surface area contributed by atoms with Gasteiger partial charge in [-0.3, -0.25) is 9.36 Å². The fourth-order valence-corrected chi connectivity index (χ4v) is 3.20. The van der Waals surface area contributed by atoms with Crippen molar-refractivity contribution in [2.75, 3.05) is 12.8 Å². The van der Waals surface area contributed by atoms with Gasteiger partial charge in [-0.1, -0.05) is 12.8 Å². The molecule has 102 valence electrons. The van der Waals surface area contributed by atoms with Crippen molar-refractivity contribution in [3.05, 3.63) is 0 Å². The van der Waals surface area contributed by atoms with E-state index >= 15 is 0 Å². The third kappa shape index (κ3) is 10.5. The summed E-state index contributed by atoms with van der Waals surface area (Å²) in [5.74, 6) is -0.733. The summed E-state index contributed by atoms with van der Waals surface area (Å²) >= 11 is 0. The van der Waals surface area contributed by atoms with Gasteiger partial charge in [0.1, 0.15) is 0 Å². The Morgan fingerprint density at radius 1 is 1.35 bits per heavy atom. The lowest BCUT2D eigenvalue weighted by Crippen LogP contribution is -2.29. The van der Waals surface area contributed by atoms with Gasteiger partial charge in [0.25, 0.3) is 0 Å². The summed E-state index contributed by atoms with van der Waals surface area (Å²) in [6.45, 7) is 3.20. The summed E-state index contributed by atoms with van der Waals surface area (Å²) in [5.41, 5.74) is 5.78. The molecular weight excluding hydrogens is 241 g/mol. The van der Waals surface area contributed by atoms with Gasteiger partial charge in [-0.15, -0.1) is 0 Å². The van der Waals surface area contributed by atoms with Gasteiger partial charge in [0.05, 0.1) is 0 Å². The highest BCUT2D eigenvalue weighted by atomic mass is 31.2. The van der Waals surface area contributed by atoms with Crippen LogP contribution in [0.5, 0.6) is 0 Å². The molecular formula is C11H24NO4P. The number of aliphatic carboxylic acids is 1. The maximum absolute atomic E-state index is 11.3. The van der Waals surface area contributed by atoms with Gasteiger partial charge in [0.2, 0.25) is 0 Å². The van der Waals surface area contributed by atoms with E-state index in [4.69, 9.17) is 10.8 Å². The molecule has 3 atom stereocenters. The van der Waals surface area contributed by atoms with Crippen molar-refractivity contribution < 1.29 is 19.4 Å². The van der Waals surface area contributed by atoms with E-state index in [2.05, 4.69) is 0 Å². The Bertz CT molecular complexity index is 275. The largest absolute Gasteiger partial charge is 0.481 e. The minimum absolute atomic E-state index is 0.0423. The summed E-state index contributed by atoms with van der Waals surface area (Å²) in [7, 11) is -3.02. The number of hydrogen-bond acceptors (Lipinski definition) is 3. The Morgan fingerprint density at radius 2 is 1.94 bits per heavy atom. The second kappa shape index (κ2) is 7.85. The van der Waals surface area contributed by atoms with Crippen LogP contribution in [0.25, 0.3) is 0 Å². The van der Waals surface area contributed by atoms with E-state index in [0.717, 1.165) is 19.3 Å². The Hall–Kier alpha value is -0.380. The van der Waals surface area contributed by atoms with Crippen LogP contribution in [0.1, 0.15) is 39.0 Å². The summed E-state index contributed by atoms with van der Waals surface area (Å²) in [5, 5.41) is 8.47. The molecule has 0 amide bonds. The minimum atomic E-state index is -3.02. The fraction of sp³-hybridized carbons (Fsp3) is 0.909. The zero-order valence-corrected chi connectivity index (χ0v) is 11.5. The number of hydrogen-bond donors (Lipinski definition) is 3. The lowest BCUT2D eigenvalue weighted by atomic mass is 9.96. The molecule has 0 aliphatic carbocycles. The molecule has 4 N–H and O–H groups in total. The predicted octanol–water partition coefficient (Wildman–Crippen LogP) is 1.89. The lowest BCUT2D eigenvalue weighted by Gasteiger charge is -2.21. The van der Waals surface area contributed by atoms with Gasteiger partial charge in [0.15, 0.2) is 7.37 Å². The number of carboxylic acid groups (broad SMARTS) is 1. The van der Waals surface area contributed by atoms with E-state index in [0.29, 0.717) is 6.42 Å². The molecule has 5 nitrogen and oxygen atoms in total. The van der Waals surface area contributed by atoms with Gasteiger partial charge in [-0.25, -0.2) is 0 Å². The second-order valence-electron chi connectivity index (χ2n) is 4.85. The lowest BCUT2D eigenvalue weighted by molar-refractivity contribution is -0.137. The predicted molar refractivity (Wildman–Crippen MR) is 68.5 cm³/mol. The van der Waals surface area contributed by atoms with Crippen LogP contribution in [0.2, 0.25) is 0 Å². The summed E-state index contributed by atoms with van der Waals surface area (Å²) < 4.78 is 11.3. The minimum Gasteiger partial charge on any atom is -0.481 e. The van der Waals surface area contributed by atoms with Crippen LogP contribution in [-0.4, -0.2) is 34.8 Å². The molecule has 0 saturated heterocycles. The summed E-state index contributed by atoms with van der Waals surface area (Å²) in [4.78, 5) is 19.6. The van der Waals surface area contributed by atoms with E-state index in [1.54, 1.807) is 0 Å². The van der Waals surface area contributed by atoms with Crippen LogP contribution < -0.4 is 5.73 Å². The van der Waals surface area contributed by atoms with Crippen molar-refractivity contribution in [2.45, 2.75) is 45.1 Å². The first-order valence-corrected chi connectivity index (χ1v) is 8.28. The maximum atomic E-state index is 11.3. The highest BCUT2D eigenvalue weighted by Crippen LogP contribution is 2.39. The van der Waals surface area contributed by atoms with Crippen LogP contribution in [0.3, 0.4) is 0 Å². The first-order chi connectivity index (χ1) is 7.72. The van der Waals surface area contributed by atoms with Crippen LogP contribution in [0.15, 0.2) is 0 Å². The number of rotatable bonds is 9. The molecule has 0 aromatic carbocycles. The van der Waals surface area contributed by atoms with Crippen molar-refractivity contribution in [3.63, 3.8) is 0 Å². The molecule has 0 fully saturated rings. The van der Waals surface area contributed by atoms with Crippen molar-refractivity contribution in [2.24, 2.45) is 11.7 Å². The van der Waals surface area contributed by atoms with E-state index < -0.39 is 13.3 Å². The second-order valence-corrected chi connectivity index (χ2v) is 7.31. The SMILES string of the molecule is CC(N)C(CCCCCC(=O)O)CP(C)(=O)O. The zero-order chi connectivity index (χ0) is 13.5. The van der Waals surface area contributed by atoms with E-state index in [-0.39, 0.29) is 24.5 Å². The van der Waals surface area contributed by atoms with Crippen molar-refractivity contribution >= 4 is 13.3 Å². The molecule has 3 unspecified atom stereocenters. The Labute approximate surface area is 103 Å². The zero-order valence-electron chi connectivity index (χ0n) is 10.6. The average Bonchev–Trinajstić information content (AvgIpc) is 2.12. The Balaban J connectivity index is 3.86. The molecule has 0 saturated carbocycles. The van der Waals surface area contributed by atoms with Gasteiger partial charge >= 0.3 is 5.97 Å². The number of nitrogens with two attached hydrogens (primary N) is 1. The van der Waals surface area contributed by atoms with Gasteiger partial charge < -0.3 is 15.7 Å². The smallest absolute Gasteiger partial charge is 0.303 e. The fourth-order valence-electron chi connectivity index (χ4n) is 1.82. The van der Waals surface area contributed by atoms with E-state index in [1.807, 2.05) is 6.92 Å². The number of unbranched alkanes of at least 4 members (excludes halogenated alkanes) is 2. The average molecular weight is 265 g/mol. The molecule has 0 rings (SSSR count). The highest BCUT2D eigenvalue weighted by Gasteiger charge is 2.21. The molecule has 0 aromatic heterocycles. The van der Waals surface area contributed by atoms with Crippen LogP contribution >= 0.6 is 7.37 Å². The van der Waals surface area contributed by atoms with Crippen LogP contribution in [-0.2, 0) is 9.36 Å². The molecule has 0 heterocycles. The quantitative estimate of drug-likeness (QED) is 0.436. The molecule has 17 heavy (non-hydrogen) atoms. The van der Waals surface area contributed by atoms with Crippen molar-refractivity contribution in [1.82, 2.24) is 0 Å². The standard InChI is InChI=1S/C11H24NO4P/c1-9(12)10(8-17(2,15)16)6-4-3-5-7-11(13)14/h9-10H,3-8,12H2,1-2H3,(H,13,14)(H,15,16). The van der Waals surface area contributed by atoms with Gasteiger partial charge in [-0.05, 0) is 25.7 Å². The van der Waals surface area contributed by atoms with Crippen LogP contribution in [0, 0.1) is 5.92 Å². The van der Waals surface area contributed by atoms with E-state index in [9.17, 15) is 14.3 Å². The number of carbonyl (C=O) groups is 1. The Kier molecular flexibility index (Phi) is 7.68. The number of carboxylic acids is 1. The van der Waals surface area contributed by atoms with E-state index in [1.165, 1.54) is 6.66 Å². The van der Waals surface area contributed by atoms with Gasteiger partial charge in [-0.2, -0.15) is 0 Å². The van der Waals surface area contributed by atoms with Gasteiger partial charge in [0, 0.05) is 25.3 Å². The summed E-state index contributed by atoms with van der Waals surface area (Å²) in [6, 6.07) is -0.102. The normalized spacial score (nSPS) is 18.4. The molecule has 0 aromatic rings. The molecule has 0 aliphatic heterocycles. The third-order valence-corrected chi connectivity index (χ3v) is 3.93. The monoisotopic (exact) mass is 265 g/mol. The third-order valence-electron chi connectivity index (χ3n) is 2.78. The first-order valence-electron chi connectivity index (χ1n) is 5.99. The topological polar surface area (TPSA) is 101 Å². The molecule has 0 radical (unpaired) electrons. The first kappa shape index (κ1) is 16.6. The molecule has 0 aliphatic rings. The maximum Gasteiger partial charge on any atom is 0.303 e. The molecule has 6 heteroatoms. The molecule has 0 spiro atoms.